The number of amidine groups is 1. The first-order chi connectivity index (χ1) is 15.0. The van der Waals surface area contributed by atoms with Crippen molar-refractivity contribution in [3.05, 3.63) is 107 Å². The quantitative estimate of drug-likeness (QED) is 0.403. The van der Waals surface area contributed by atoms with Crippen LogP contribution >= 0.6 is 11.8 Å². The van der Waals surface area contributed by atoms with Gasteiger partial charge in [-0.05, 0) is 60.2 Å². The number of thioether (sulfide) groups is 1. The van der Waals surface area contributed by atoms with Gasteiger partial charge in [-0.15, -0.1) is 0 Å². The zero-order chi connectivity index (χ0) is 21.8. The predicted octanol–water partition coefficient (Wildman–Crippen LogP) is 5.32. The number of ketones is 1. The molecule has 1 aliphatic rings. The molecule has 0 aromatic heterocycles. The minimum absolute atomic E-state index is 0.00799. The standard InChI is InChI=1S/C24H16F2N2O2S/c25-18-8-6-17(7-9-18)22(29)15-31-24-27-21(14-16-4-2-1-3-5-16)23(30)28(24)20-12-10-19(26)11-13-20/h1-14H,15H2/b21-14-. The van der Waals surface area contributed by atoms with Gasteiger partial charge in [0.2, 0.25) is 0 Å². The highest BCUT2D eigenvalue weighted by Crippen LogP contribution is 2.30. The molecule has 3 aromatic carbocycles. The molecule has 7 heteroatoms. The molecule has 0 fully saturated rings. The summed E-state index contributed by atoms with van der Waals surface area (Å²) in [4.78, 5) is 31.3. The molecular formula is C24H16F2N2O2S. The van der Waals surface area contributed by atoms with Gasteiger partial charge in [0.15, 0.2) is 11.0 Å². The number of aliphatic imine (C=N–C) groups is 1. The molecule has 4 rings (SSSR count). The lowest BCUT2D eigenvalue weighted by Gasteiger charge is -2.17. The minimum Gasteiger partial charge on any atom is -0.293 e. The first kappa shape index (κ1) is 20.7. The largest absolute Gasteiger partial charge is 0.293 e. The van der Waals surface area contributed by atoms with E-state index in [0.717, 1.165) is 17.3 Å². The molecule has 0 atom stereocenters. The van der Waals surface area contributed by atoms with E-state index in [2.05, 4.69) is 4.99 Å². The van der Waals surface area contributed by atoms with Crippen molar-refractivity contribution in [2.24, 2.45) is 4.99 Å². The second kappa shape index (κ2) is 9.06. The van der Waals surface area contributed by atoms with Crippen LogP contribution in [0.5, 0.6) is 0 Å². The van der Waals surface area contributed by atoms with E-state index >= 15 is 0 Å². The Bertz CT molecular complexity index is 1170. The first-order valence-electron chi connectivity index (χ1n) is 9.38. The second-order valence-electron chi connectivity index (χ2n) is 6.67. The second-order valence-corrected chi connectivity index (χ2v) is 7.61. The van der Waals surface area contributed by atoms with Gasteiger partial charge in [0.1, 0.15) is 17.3 Å². The van der Waals surface area contributed by atoms with Crippen LogP contribution in [0.3, 0.4) is 0 Å². The summed E-state index contributed by atoms with van der Waals surface area (Å²) in [6.45, 7) is 0. The van der Waals surface area contributed by atoms with Crippen LogP contribution in [0.1, 0.15) is 15.9 Å². The van der Waals surface area contributed by atoms with Gasteiger partial charge in [-0.2, -0.15) is 0 Å². The Labute approximate surface area is 181 Å². The van der Waals surface area contributed by atoms with Gasteiger partial charge in [0.25, 0.3) is 5.91 Å². The van der Waals surface area contributed by atoms with Crippen LogP contribution < -0.4 is 4.90 Å². The SMILES string of the molecule is O=C(CSC1=N/C(=C\c2ccccc2)C(=O)N1c1ccc(F)cc1)c1ccc(F)cc1. The Morgan fingerprint density at radius 1 is 0.903 bits per heavy atom. The first-order valence-corrected chi connectivity index (χ1v) is 10.4. The van der Waals surface area contributed by atoms with Crippen LogP contribution in [0, 0.1) is 11.6 Å². The molecule has 3 aromatic rings. The van der Waals surface area contributed by atoms with Crippen molar-refractivity contribution in [3.63, 3.8) is 0 Å². The topological polar surface area (TPSA) is 49.7 Å². The maximum atomic E-state index is 13.4. The molecule has 0 saturated carbocycles. The summed E-state index contributed by atoms with van der Waals surface area (Å²) in [6, 6.07) is 20.0. The van der Waals surface area contributed by atoms with Gasteiger partial charge < -0.3 is 0 Å². The number of anilines is 1. The van der Waals surface area contributed by atoms with E-state index in [-0.39, 0.29) is 23.1 Å². The summed E-state index contributed by atoms with van der Waals surface area (Å²) < 4.78 is 26.5. The van der Waals surface area contributed by atoms with Crippen LogP contribution in [0.15, 0.2) is 89.6 Å². The molecule has 0 unspecified atom stereocenters. The van der Waals surface area contributed by atoms with Crippen molar-refractivity contribution < 1.29 is 18.4 Å². The van der Waals surface area contributed by atoms with Gasteiger partial charge in [0.05, 0.1) is 11.4 Å². The fourth-order valence-electron chi connectivity index (χ4n) is 2.97. The summed E-state index contributed by atoms with van der Waals surface area (Å²) in [7, 11) is 0. The van der Waals surface area contributed by atoms with Crippen LogP contribution in [-0.2, 0) is 4.79 Å². The number of hydrogen-bond donors (Lipinski definition) is 0. The average Bonchev–Trinajstić information content (AvgIpc) is 3.09. The molecule has 31 heavy (non-hydrogen) atoms. The molecule has 0 aliphatic carbocycles. The van der Waals surface area contributed by atoms with Crippen LogP contribution in [0.4, 0.5) is 14.5 Å². The zero-order valence-corrected chi connectivity index (χ0v) is 17.0. The van der Waals surface area contributed by atoms with Crippen LogP contribution in [0.2, 0.25) is 0 Å². The van der Waals surface area contributed by atoms with E-state index in [0.29, 0.717) is 16.4 Å². The summed E-state index contributed by atoms with van der Waals surface area (Å²) in [6.07, 6.45) is 1.66. The van der Waals surface area contributed by atoms with E-state index in [1.165, 1.54) is 53.4 Å². The maximum Gasteiger partial charge on any atom is 0.283 e. The molecule has 0 bridgehead atoms. The minimum atomic E-state index is -0.423. The predicted molar refractivity (Wildman–Crippen MR) is 119 cm³/mol. The summed E-state index contributed by atoms with van der Waals surface area (Å²) in [5.41, 5.74) is 1.84. The maximum absolute atomic E-state index is 13.4. The normalized spacial score (nSPS) is 14.8. The average molecular weight is 434 g/mol. The van der Waals surface area contributed by atoms with Gasteiger partial charge >= 0.3 is 0 Å². The highest BCUT2D eigenvalue weighted by molar-refractivity contribution is 8.14. The number of amides is 1. The fraction of sp³-hybridized carbons (Fsp3) is 0.0417. The van der Waals surface area contributed by atoms with Gasteiger partial charge in [0, 0.05) is 5.56 Å². The third kappa shape index (κ3) is 4.78. The molecule has 0 saturated heterocycles. The lowest BCUT2D eigenvalue weighted by molar-refractivity contribution is -0.113. The Kier molecular flexibility index (Phi) is 6.04. The van der Waals surface area contributed by atoms with Gasteiger partial charge in [-0.1, -0.05) is 42.1 Å². The number of Topliss-reactive ketones (excluding diaryl/α,β-unsaturated/α-hetero) is 1. The molecule has 1 aliphatic heterocycles. The molecular weight excluding hydrogens is 418 g/mol. The molecule has 1 heterocycles. The number of hydrogen-bond acceptors (Lipinski definition) is 4. The van der Waals surface area contributed by atoms with Crippen molar-refractivity contribution in [2.75, 3.05) is 10.7 Å². The highest BCUT2D eigenvalue weighted by Gasteiger charge is 2.32. The Morgan fingerprint density at radius 3 is 2.16 bits per heavy atom. The molecule has 0 spiro atoms. The fourth-order valence-corrected chi connectivity index (χ4v) is 3.87. The third-order valence-corrected chi connectivity index (χ3v) is 5.45. The number of carbonyl (C=O) groups is 2. The lowest BCUT2D eigenvalue weighted by Crippen LogP contribution is -2.30. The molecule has 0 N–H and O–H groups in total. The highest BCUT2D eigenvalue weighted by atomic mass is 32.2. The third-order valence-electron chi connectivity index (χ3n) is 4.52. The monoisotopic (exact) mass is 434 g/mol. The number of nitrogens with zero attached hydrogens (tertiary/aromatic N) is 2. The summed E-state index contributed by atoms with van der Waals surface area (Å²) in [5, 5.41) is 0.314. The number of benzene rings is 3. The molecule has 154 valence electrons. The number of rotatable bonds is 5. The summed E-state index contributed by atoms with van der Waals surface area (Å²) in [5.74, 6) is -1.43. The van der Waals surface area contributed by atoms with Crippen molar-refractivity contribution in [1.82, 2.24) is 0 Å². The van der Waals surface area contributed by atoms with E-state index in [4.69, 9.17) is 0 Å². The number of halogens is 2. The Hall–Kier alpha value is -3.58. The Balaban J connectivity index is 1.61. The van der Waals surface area contributed by atoms with Crippen LogP contribution in [-0.4, -0.2) is 22.6 Å². The molecule has 1 amide bonds. The zero-order valence-electron chi connectivity index (χ0n) is 16.2. The van der Waals surface area contributed by atoms with E-state index in [9.17, 15) is 18.4 Å². The number of carbonyl (C=O) groups excluding carboxylic acids is 2. The molecule has 4 nitrogen and oxygen atoms in total. The lowest BCUT2D eigenvalue weighted by atomic mass is 10.1. The smallest absolute Gasteiger partial charge is 0.283 e. The van der Waals surface area contributed by atoms with E-state index in [1.807, 2.05) is 30.3 Å². The van der Waals surface area contributed by atoms with E-state index in [1.54, 1.807) is 6.08 Å². The van der Waals surface area contributed by atoms with Crippen molar-refractivity contribution in [1.29, 1.82) is 0 Å². The van der Waals surface area contributed by atoms with Gasteiger partial charge in [-0.25, -0.2) is 13.8 Å². The van der Waals surface area contributed by atoms with Crippen LogP contribution in [0.25, 0.3) is 6.08 Å². The molecule has 0 radical (unpaired) electrons. The van der Waals surface area contributed by atoms with E-state index < -0.39 is 11.6 Å². The van der Waals surface area contributed by atoms with Crippen molar-refractivity contribution in [3.8, 4) is 0 Å². The van der Waals surface area contributed by atoms with Crippen molar-refractivity contribution >= 4 is 40.4 Å². The Morgan fingerprint density at radius 2 is 1.52 bits per heavy atom. The summed E-state index contributed by atoms with van der Waals surface area (Å²) >= 11 is 1.09. The van der Waals surface area contributed by atoms with Crippen molar-refractivity contribution in [2.45, 2.75) is 0 Å². The van der Waals surface area contributed by atoms with Gasteiger partial charge in [-0.3, -0.25) is 14.5 Å².